The van der Waals surface area contributed by atoms with E-state index in [9.17, 15) is 13.2 Å². The number of carbonyl (C=O) groups is 1. The number of carbonyl (C=O) groups excluding carboxylic acids is 1. The molecule has 1 aromatic rings. The van der Waals surface area contributed by atoms with Gasteiger partial charge in [0.05, 0.1) is 5.75 Å². The van der Waals surface area contributed by atoms with Gasteiger partial charge in [0.15, 0.2) is 0 Å². The second-order valence-corrected chi connectivity index (χ2v) is 7.48. The van der Waals surface area contributed by atoms with Gasteiger partial charge < -0.3 is 4.90 Å². The summed E-state index contributed by atoms with van der Waals surface area (Å²) >= 11 is 0.875. The van der Waals surface area contributed by atoms with E-state index in [0.29, 0.717) is 6.42 Å². The molecule has 19 heavy (non-hydrogen) atoms. The maximum atomic E-state index is 11.9. The van der Waals surface area contributed by atoms with Gasteiger partial charge in [-0.15, -0.1) is 10.2 Å². The van der Waals surface area contributed by atoms with E-state index in [-0.39, 0.29) is 21.3 Å². The molecule has 1 aromatic heterocycles. The van der Waals surface area contributed by atoms with Crippen molar-refractivity contribution in [1.82, 2.24) is 15.1 Å². The number of nitrogens with one attached hydrogen (secondary N) is 1. The van der Waals surface area contributed by atoms with Crippen LogP contribution in [0.2, 0.25) is 0 Å². The molecule has 1 heterocycles. The highest BCUT2D eigenvalue weighted by molar-refractivity contribution is 7.93. The Kier molecular flexibility index (Phi) is 5.67. The molecule has 1 N–H and O–H groups in total. The Labute approximate surface area is 116 Å². The Morgan fingerprint density at radius 2 is 2.00 bits per heavy atom. The minimum Gasteiger partial charge on any atom is -0.331 e. The molecular formula is C10H18N4O3S2. The average Bonchev–Trinajstić information content (AvgIpc) is 2.78. The summed E-state index contributed by atoms with van der Waals surface area (Å²) in [7, 11) is -0.223. The van der Waals surface area contributed by atoms with Gasteiger partial charge in [-0.2, -0.15) is 0 Å². The number of hydrogen-bond donors (Lipinski definition) is 1. The summed E-state index contributed by atoms with van der Waals surface area (Å²) in [6.07, 6.45) is 2.43. The first-order valence-corrected chi connectivity index (χ1v) is 8.38. The standard InChI is InChI=1S/C10H18N4O3S2/c1-4-5-6-7-19(16,17)10-13-12-8(18-10)11-9(15)14(2)3/h4-7H2,1-3H3,(H,11,12,15). The van der Waals surface area contributed by atoms with Gasteiger partial charge in [0, 0.05) is 14.1 Å². The highest BCUT2D eigenvalue weighted by atomic mass is 32.2. The van der Waals surface area contributed by atoms with Crippen molar-refractivity contribution in [3.05, 3.63) is 0 Å². The van der Waals surface area contributed by atoms with Crippen molar-refractivity contribution >= 4 is 32.3 Å². The summed E-state index contributed by atoms with van der Waals surface area (Å²) in [5, 5.41) is 9.95. The first kappa shape index (κ1) is 15.8. The van der Waals surface area contributed by atoms with E-state index in [1.807, 2.05) is 6.92 Å². The van der Waals surface area contributed by atoms with E-state index in [0.717, 1.165) is 24.2 Å². The molecule has 0 saturated heterocycles. The van der Waals surface area contributed by atoms with Crippen LogP contribution in [0.4, 0.5) is 9.93 Å². The molecule has 0 aliphatic rings. The Bertz CT molecular complexity index is 525. The lowest BCUT2D eigenvalue weighted by Crippen LogP contribution is -2.27. The third-order valence-corrected chi connectivity index (χ3v) is 5.39. The van der Waals surface area contributed by atoms with E-state index < -0.39 is 9.84 Å². The molecule has 1 rings (SSSR count). The Hall–Kier alpha value is -1.22. The van der Waals surface area contributed by atoms with Crippen molar-refractivity contribution in [2.24, 2.45) is 0 Å². The lowest BCUT2D eigenvalue weighted by Gasteiger charge is -2.08. The van der Waals surface area contributed by atoms with Crippen LogP contribution in [0, 0.1) is 0 Å². The van der Waals surface area contributed by atoms with Crippen LogP contribution in [0.3, 0.4) is 0 Å². The van der Waals surface area contributed by atoms with Crippen LogP contribution in [-0.4, -0.2) is 49.4 Å². The van der Waals surface area contributed by atoms with Crippen LogP contribution in [-0.2, 0) is 9.84 Å². The first-order chi connectivity index (χ1) is 8.86. The molecule has 9 heteroatoms. The number of unbranched alkanes of at least 4 members (excludes halogenated alkanes) is 2. The second-order valence-electron chi connectivity index (χ2n) is 4.22. The summed E-state index contributed by atoms with van der Waals surface area (Å²) in [5.74, 6) is 0.0666. The van der Waals surface area contributed by atoms with Crippen molar-refractivity contribution in [2.75, 3.05) is 25.2 Å². The molecule has 0 bridgehead atoms. The van der Waals surface area contributed by atoms with Gasteiger partial charge in [0.2, 0.25) is 19.3 Å². The van der Waals surface area contributed by atoms with E-state index in [4.69, 9.17) is 0 Å². The van der Waals surface area contributed by atoms with Crippen molar-refractivity contribution in [2.45, 2.75) is 30.5 Å². The first-order valence-electron chi connectivity index (χ1n) is 5.91. The smallest absolute Gasteiger partial charge is 0.323 e. The fraction of sp³-hybridized carbons (Fsp3) is 0.700. The lowest BCUT2D eigenvalue weighted by molar-refractivity contribution is 0.230. The third kappa shape index (κ3) is 4.75. The monoisotopic (exact) mass is 306 g/mol. The van der Waals surface area contributed by atoms with Gasteiger partial charge in [0.1, 0.15) is 0 Å². The topological polar surface area (TPSA) is 92.3 Å². The van der Waals surface area contributed by atoms with E-state index in [2.05, 4.69) is 15.5 Å². The number of urea groups is 1. The summed E-state index contributed by atoms with van der Waals surface area (Å²) in [6, 6.07) is -0.369. The predicted octanol–water partition coefficient (Wildman–Crippen LogP) is 1.60. The quantitative estimate of drug-likeness (QED) is 0.636. The zero-order valence-electron chi connectivity index (χ0n) is 11.2. The Morgan fingerprint density at radius 1 is 1.32 bits per heavy atom. The number of rotatable bonds is 6. The van der Waals surface area contributed by atoms with Crippen molar-refractivity contribution in [1.29, 1.82) is 0 Å². The average molecular weight is 306 g/mol. The molecule has 108 valence electrons. The van der Waals surface area contributed by atoms with Gasteiger partial charge in [0.25, 0.3) is 0 Å². The number of nitrogens with zero attached hydrogens (tertiary/aromatic N) is 3. The maximum Gasteiger partial charge on any atom is 0.323 e. The zero-order chi connectivity index (χ0) is 14.5. The molecule has 0 radical (unpaired) electrons. The molecule has 0 aliphatic heterocycles. The number of aromatic nitrogens is 2. The van der Waals surface area contributed by atoms with Gasteiger partial charge in [-0.3, -0.25) is 5.32 Å². The molecule has 0 fully saturated rings. The predicted molar refractivity (Wildman–Crippen MR) is 74.2 cm³/mol. The minimum atomic E-state index is -3.39. The highest BCUT2D eigenvalue weighted by Crippen LogP contribution is 2.22. The minimum absolute atomic E-state index is 0.0438. The van der Waals surface area contributed by atoms with Gasteiger partial charge in [-0.05, 0) is 6.42 Å². The molecule has 7 nitrogen and oxygen atoms in total. The largest absolute Gasteiger partial charge is 0.331 e. The molecule has 0 spiro atoms. The maximum absolute atomic E-state index is 11.9. The number of amides is 2. The van der Waals surface area contributed by atoms with Crippen LogP contribution in [0.5, 0.6) is 0 Å². The third-order valence-electron chi connectivity index (χ3n) is 2.31. The zero-order valence-corrected chi connectivity index (χ0v) is 12.8. The normalized spacial score (nSPS) is 11.3. The van der Waals surface area contributed by atoms with Crippen LogP contribution in [0.15, 0.2) is 4.34 Å². The van der Waals surface area contributed by atoms with E-state index in [1.165, 1.54) is 4.90 Å². The van der Waals surface area contributed by atoms with E-state index in [1.54, 1.807) is 14.1 Å². The molecule has 2 amide bonds. The van der Waals surface area contributed by atoms with Crippen molar-refractivity contribution in [3.8, 4) is 0 Å². The summed E-state index contributed by atoms with van der Waals surface area (Å²) in [5.41, 5.74) is 0. The lowest BCUT2D eigenvalue weighted by atomic mass is 10.3. The van der Waals surface area contributed by atoms with Crippen LogP contribution < -0.4 is 5.32 Å². The van der Waals surface area contributed by atoms with Gasteiger partial charge >= 0.3 is 6.03 Å². The van der Waals surface area contributed by atoms with Crippen molar-refractivity contribution in [3.63, 3.8) is 0 Å². The number of anilines is 1. The second kappa shape index (κ2) is 6.80. The summed E-state index contributed by atoms with van der Waals surface area (Å²) in [6.45, 7) is 2.01. The van der Waals surface area contributed by atoms with Crippen molar-refractivity contribution < 1.29 is 13.2 Å². The Morgan fingerprint density at radius 3 is 2.58 bits per heavy atom. The van der Waals surface area contributed by atoms with E-state index >= 15 is 0 Å². The highest BCUT2D eigenvalue weighted by Gasteiger charge is 2.20. The molecular weight excluding hydrogens is 288 g/mol. The number of hydrogen-bond acceptors (Lipinski definition) is 6. The van der Waals surface area contributed by atoms with Gasteiger partial charge in [-0.25, -0.2) is 13.2 Å². The number of sulfone groups is 1. The molecule has 0 atom stereocenters. The fourth-order valence-electron chi connectivity index (χ4n) is 1.22. The molecule has 0 aliphatic carbocycles. The van der Waals surface area contributed by atoms with Gasteiger partial charge in [-0.1, -0.05) is 31.1 Å². The summed E-state index contributed by atoms with van der Waals surface area (Å²) in [4.78, 5) is 12.7. The van der Waals surface area contributed by atoms with Crippen LogP contribution in [0.1, 0.15) is 26.2 Å². The van der Waals surface area contributed by atoms with Crippen LogP contribution in [0.25, 0.3) is 0 Å². The molecule has 0 aromatic carbocycles. The Balaban J connectivity index is 2.70. The van der Waals surface area contributed by atoms with Crippen LogP contribution >= 0.6 is 11.3 Å². The summed E-state index contributed by atoms with van der Waals surface area (Å²) < 4.78 is 23.8. The fourth-order valence-corrected chi connectivity index (χ4v) is 3.60. The molecule has 0 saturated carbocycles. The SMILES string of the molecule is CCCCCS(=O)(=O)c1nnc(NC(=O)N(C)C)s1. The molecule has 0 unspecified atom stereocenters.